The summed E-state index contributed by atoms with van der Waals surface area (Å²) in [7, 11) is 0. The highest BCUT2D eigenvalue weighted by Crippen LogP contribution is 2.31. The maximum absolute atomic E-state index is 12.1. The van der Waals surface area contributed by atoms with E-state index < -0.39 is 0 Å². The lowest BCUT2D eigenvalue weighted by Gasteiger charge is -2.26. The maximum Gasteiger partial charge on any atom is 0.225 e. The Labute approximate surface area is 170 Å². The molecule has 4 rings (SSSR count). The van der Waals surface area contributed by atoms with Gasteiger partial charge in [-0.2, -0.15) is 0 Å². The fourth-order valence-electron chi connectivity index (χ4n) is 3.70. The van der Waals surface area contributed by atoms with Crippen LogP contribution in [0.5, 0.6) is 0 Å². The van der Waals surface area contributed by atoms with E-state index in [9.17, 15) is 4.79 Å². The number of pyridine rings is 1. The number of benzene rings is 2. The Balaban J connectivity index is 1.49. The molecule has 2 aromatic carbocycles. The van der Waals surface area contributed by atoms with Crippen molar-refractivity contribution in [3.05, 3.63) is 71.9 Å². The minimum absolute atomic E-state index is 0.0549. The van der Waals surface area contributed by atoms with Crippen molar-refractivity contribution in [3.8, 4) is 0 Å². The molecule has 29 heavy (non-hydrogen) atoms. The van der Waals surface area contributed by atoms with Crippen LogP contribution in [-0.4, -0.2) is 29.9 Å². The average Bonchev–Trinajstić information content (AvgIpc) is 2.75. The molecule has 0 aliphatic carbocycles. The first-order valence-electron chi connectivity index (χ1n) is 9.98. The molecule has 0 fully saturated rings. The lowest BCUT2D eigenvalue weighted by Crippen LogP contribution is -2.40. The van der Waals surface area contributed by atoms with Gasteiger partial charge in [0, 0.05) is 42.7 Å². The summed E-state index contributed by atoms with van der Waals surface area (Å²) in [6.07, 6.45) is 2.28. The Morgan fingerprint density at radius 2 is 2.00 bits per heavy atom. The predicted molar refractivity (Wildman–Crippen MR) is 117 cm³/mol. The SMILES string of the molecule is CCNC(=NCc1cccc2cccnc12)NCC1CC(=O)Nc2ccccc21. The van der Waals surface area contributed by atoms with Gasteiger partial charge in [-0.1, -0.05) is 42.5 Å². The molecule has 1 amide bonds. The molecule has 2 heterocycles. The summed E-state index contributed by atoms with van der Waals surface area (Å²) < 4.78 is 0. The van der Waals surface area contributed by atoms with Crippen LogP contribution in [0, 0.1) is 0 Å². The first-order valence-corrected chi connectivity index (χ1v) is 9.98. The summed E-state index contributed by atoms with van der Waals surface area (Å²) in [6.45, 7) is 3.98. The van der Waals surface area contributed by atoms with Crippen molar-refractivity contribution in [1.29, 1.82) is 0 Å². The molecular formula is C23H25N5O. The fourth-order valence-corrected chi connectivity index (χ4v) is 3.70. The van der Waals surface area contributed by atoms with Gasteiger partial charge in [0.05, 0.1) is 12.1 Å². The van der Waals surface area contributed by atoms with Gasteiger partial charge in [-0.3, -0.25) is 9.78 Å². The van der Waals surface area contributed by atoms with E-state index in [1.165, 1.54) is 0 Å². The van der Waals surface area contributed by atoms with E-state index >= 15 is 0 Å². The van der Waals surface area contributed by atoms with E-state index in [2.05, 4.69) is 45.2 Å². The number of hydrogen-bond donors (Lipinski definition) is 3. The van der Waals surface area contributed by atoms with E-state index in [-0.39, 0.29) is 11.8 Å². The molecule has 3 aromatic rings. The number of para-hydroxylation sites is 2. The Morgan fingerprint density at radius 1 is 1.14 bits per heavy atom. The van der Waals surface area contributed by atoms with Crippen molar-refractivity contribution in [1.82, 2.24) is 15.6 Å². The molecule has 0 spiro atoms. The monoisotopic (exact) mass is 387 g/mol. The zero-order chi connectivity index (χ0) is 20.1. The molecule has 6 nitrogen and oxygen atoms in total. The Morgan fingerprint density at radius 3 is 2.90 bits per heavy atom. The van der Waals surface area contributed by atoms with Crippen LogP contribution >= 0.6 is 0 Å². The van der Waals surface area contributed by atoms with Crippen molar-refractivity contribution in [2.45, 2.75) is 25.8 Å². The number of aromatic nitrogens is 1. The third kappa shape index (κ3) is 4.37. The minimum Gasteiger partial charge on any atom is -0.357 e. The van der Waals surface area contributed by atoms with Crippen LogP contribution in [0.15, 0.2) is 65.8 Å². The zero-order valence-electron chi connectivity index (χ0n) is 16.5. The number of anilines is 1. The molecule has 0 saturated carbocycles. The molecule has 1 unspecified atom stereocenters. The number of guanidine groups is 1. The summed E-state index contributed by atoms with van der Waals surface area (Å²) in [5.74, 6) is 0.909. The van der Waals surface area contributed by atoms with Gasteiger partial charge in [0.2, 0.25) is 5.91 Å². The molecule has 1 atom stereocenters. The average molecular weight is 387 g/mol. The van der Waals surface area contributed by atoms with E-state index in [4.69, 9.17) is 4.99 Å². The topological polar surface area (TPSA) is 78.4 Å². The van der Waals surface area contributed by atoms with E-state index in [0.717, 1.165) is 40.2 Å². The van der Waals surface area contributed by atoms with Crippen LogP contribution in [0.3, 0.4) is 0 Å². The Bertz CT molecular complexity index is 1040. The van der Waals surface area contributed by atoms with Crippen molar-refractivity contribution in [3.63, 3.8) is 0 Å². The van der Waals surface area contributed by atoms with Gasteiger partial charge in [0.15, 0.2) is 5.96 Å². The largest absolute Gasteiger partial charge is 0.357 e. The van der Waals surface area contributed by atoms with Gasteiger partial charge in [0.25, 0.3) is 0 Å². The van der Waals surface area contributed by atoms with Crippen LogP contribution in [0.4, 0.5) is 5.69 Å². The normalized spacial score (nSPS) is 16.2. The molecule has 0 radical (unpaired) electrons. The molecule has 0 saturated heterocycles. The minimum atomic E-state index is 0.0549. The number of nitrogens with one attached hydrogen (secondary N) is 3. The fraction of sp³-hybridized carbons (Fsp3) is 0.261. The summed E-state index contributed by atoms with van der Waals surface area (Å²) in [5, 5.41) is 10.8. The van der Waals surface area contributed by atoms with E-state index in [1.54, 1.807) is 0 Å². The van der Waals surface area contributed by atoms with Gasteiger partial charge in [0.1, 0.15) is 0 Å². The third-order valence-corrected chi connectivity index (χ3v) is 5.09. The first-order chi connectivity index (χ1) is 14.2. The highest BCUT2D eigenvalue weighted by Gasteiger charge is 2.24. The van der Waals surface area contributed by atoms with E-state index in [1.807, 2.05) is 43.5 Å². The van der Waals surface area contributed by atoms with Gasteiger partial charge in [-0.15, -0.1) is 0 Å². The van der Waals surface area contributed by atoms with Crippen molar-refractivity contribution < 1.29 is 4.79 Å². The first kappa shape index (κ1) is 18.9. The smallest absolute Gasteiger partial charge is 0.225 e. The maximum atomic E-state index is 12.1. The zero-order valence-corrected chi connectivity index (χ0v) is 16.5. The number of carbonyl (C=O) groups excluding carboxylic acids is 1. The Kier molecular flexibility index (Phi) is 5.70. The highest BCUT2D eigenvalue weighted by molar-refractivity contribution is 5.94. The van der Waals surface area contributed by atoms with Gasteiger partial charge >= 0.3 is 0 Å². The lowest BCUT2D eigenvalue weighted by atomic mass is 9.90. The molecular weight excluding hydrogens is 362 g/mol. The second-order valence-electron chi connectivity index (χ2n) is 7.10. The highest BCUT2D eigenvalue weighted by atomic mass is 16.1. The number of amides is 1. The summed E-state index contributed by atoms with van der Waals surface area (Å²) >= 11 is 0. The van der Waals surface area contributed by atoms with Gasteiger partial charge < -0.3 is 16.0 Å². The standard InChI is InChI=1S/C23H25N5O/c1-2-24-23(26-14-17-8-5-7-16-9-6-12-25-22(16)17)27-15-18-13-21(29)28-20-11-4-3-10-19(18)20/h3-12,18H,2,13-15H2,1H3,(H,28,29)(H2,24,26,27). The third-order valence-electron chi connectivity index (χ3n) is 5.09. The van der Waals surface area contributed by atoms with Crippen molar-refractivity contribution >= 4 is 28.5 Å². The quantitative estimate of drug-likeness (QED) is 0.463. The predicted octanol–water partition coefficient (Wildman–Crippen LogP) is 3.42. The Hall–Kier alpha value is -3.41. The molecule has 3 N–H and O–H groups in total. The van der Waals surface area contributed by atoms with Gasteiger partial charge in [-0.05, 0) is 30.2 Å². The van der Waals surface area contributed by atoms with Crippen LogP contribution in [0.1, 0.15) is 30.4 Å². The summed E-state index contributed by atoms with van der Waals surface area (Å²) in [4.78, 5) is 21.3. The van der Waals surface area contributed by atoms with Crippen molar-refractivity contribution in [2.24, 2.45) is 4.99 Å². The van der Waals surface area contributed by atoms with Crippen LogP contribution in [-0.2, 0) is 11.3 Å². The molecule has 148 valence electrons. The molecule has 1 aliphatic rings. The van der Waals surface area contributed by atoms with Crippen LogP contribution in [0.25, 0.3) is 10.9 Å². The summed E-state index contributed by atoms with van der Waals surface area (Å²) in [5.41, 5.74) is 4.13. The molecule has 6 heteroatoms. The number of carbonyl (C=O) groups is 1. The lowest BCUT2D eigenvalue weighted by molar-refractivity contribution is -0.116. The van der Waals surface area contributed by atoms with Crippen molar-refractivity contribution in [2.75, 3.05) is 18.4 Å². The number of nitrogens with zero attached hydrogens (tertiary/aromatic N) is 2. The molecule has 1 aliphatic heterocycles. The number of hydrogen-bond acceptors (Lipinski definition) is 3. The number of rotatable bonds is 5. The second-order valence-corrected chi connectivity index (χ2v) is 7.10. The van der Waals surface area contributed by atoms with Crippen LogP contribution in [0.2, 0.25) is 0 Å². The van der Waals surface area contributed by atoms with E-state index in [0.29, 0.717) is 19.5 Å². The summed E-state index contributed by atoms with van der Waals surface area (Å²) in [6, 6.07) is 18.1. The number of fused-ring (bicyclic) bond motifs is 2. The van der Waals surface area contributed by atoms with Gasteiger partial charge in [-0.25, -0.2) is 4.99 Å². The van der Waals surface area contributed by atoms with Crippen LogP contribution < -0.4 is 16.0 Å². The number of aliphatic imine (C=N–C) groups is 1. The molecule has 0 bridgehead atoms. The molecule has 1 aromatic heterocycles. The second kappa shape index (κ2) is 8.73.